The van der Waals surface area contributed by atoms with E-state index in [1.165, 1.54) is 12.3 Å². The summed E-state index contributed by atoms with van der Waals surface area (Å²) in [6, 6.07) is 1.72. The normalized spacial score (nSPS) is 11.8. The van der Waals surface area contributed by atoms with Crippen LogP contribution in [0, 0.1) is 11.6 Å². The Bertz CT molecular complexity index is 706. The van der Waals surface area contributed by atoms with Crippen LogP contribution in [0.3, 0.4) is 0 Å². The van der Waals surface area contributed by atoms with E-state index >= 15 is 0 Å². The Morgan fingerprint density at radius 1 is 1.29 bits per heavy atom. The molecule has 0 unspecified atom stereocenters. The van der Waals surface area contributed by atoms with Crippen molar-refractivity contribution in [2.75, 3.05) is 0 Å². The predicted molar refractivity (Wildman–Crippen MR) is 73.3 cm³/mol. The number of aromatic nitrogens is 1. The summed E-state index contributed by atoms with van der Waals surface area (Å²) in [6.07, 6.45) is 0.342. The van der Waals surface area contributed by atoms with Gasteiger partial charge in [-0.25, -0.2) is 18.1 Å². The Morgan fingerprint density at radius 3 is 2.43 bits per heavy atom. The highest BCUT2D eigenvalue weighted by Crippen LogP contribution is 2.21. The van der Waals surface area contributed by atoms with E-state index in [9.17, 15) is 23.6 Å². The van der Waals surface area contributed by atoms with Gasteiger partial charge in [-0.1, -0.05) is 0 Å². The maximum Gasteiger partial charge on any atom is 0.492 e. The van der Waals surface area contributed by atoms with E-state index in [0.29, 0.717) is 6.07 Å². The van der Waals surface area contributed by atoms with Crippen LogP contribution in [0.5, 0.6) is 0 Å². The first-order chi connectivity index (χ1) is 9.61. The molecular weight excluding hydrogens is 283 g/mol. The average molecular weight is 297 g/mol. The Hall–Kier alpha value is -1.93. The quantitative estimate of drug-likeness (QED) is 0.780. The third kappa shape index (κ3) is 2.91. The molecule has 0 amide bonds. The molecule has 0 spiro atoms. The molecule has 1 aromatic carbocycles. The Kier molecular flexibility index (Phi) is 3.77. The van der Waals surface area contributed by atoms with Crippen molar-refractivity contribution in [2.24, 2.45) is 0 Å². The molecule has 0 fully saturated rings. The van der Waals surface area contributed by atoms with Crippen molar-refractivity contribution < 1.29 is 28.4 Å². The van der Waals surface area contributed by atoms with Gasteiger partial charge in [0.1, 0.15) is 11.4 Å². The molecule has 0 aliphatic heterocycles. The number of carbonyl (C=O) groups is 1. The van der Waals surface area contributed by atoms with Gasteiger partial charge in [-0.2, -0.15) is 0 Å². The van der Waals surface area contributed by atoms with Crippen molar-refractivity contribution in [2.45, 2.75) is 26.4 Å². The summed E-state index contributed by atoms with van der Waals surface area (Å²) in [6.45, 7) is 4.95. The minimum Gasteiger partial charge on any atom is -0.443 e. The second-order valence-corrected chi connectivity index (χ2v) is 5.56. The van der Waals surface area contributed by atoms with Gasteiger partial charge >= 0.3 is 13.2 Å². The fraction of sp³-hybridized carbons (Fsp3) is 0.308. The van der Waals surface area contributed by atoms with Gasteiger partial charge < -0.3 is 14.8 Å². The molecule has 21 heavy (non-hydrogen) atoms. The van der Waals surface area contributed by atoms with Crippen LogP contribution in [-0.4, -0.2) is 33.4 Å². The zero-order chi connectivity index (χ0) is 15.9. The summed E-state index contributed by atoms with van der Waals surface area (Å²) in [5.41, 5.74) is -1.55. The molecular formula is C13H14BF2NO4. The Balaban J connectivity index is 2.64. The monoisotopic (exact) mass is 297 g/mol. The van der Waals surface area contributed by atoms with E-state index in [0.717, 1.165) is 4.57 Å². The number of hydrogen-bond donors (Lipinski definition) is 2. The second kappa shape index (κ2) is 5.12. The number of hydrogen-bond acceptors (Lipinski definition) is 4. The van der Waals surface area contributed by atoms with Crippen LogP contribution in [0.15, 0.2) is 18.3 Å². The topological polar surface area (TPSA) is 71.7 Å². The minimum absolute atomic E-state index is 0.103. The first kappa shape index (κ1) is 15.5. The van der Waals surface area contributed by atoms with Crippen molar-refractivity contribution in [1.82, 2.24) is 4.57 Å². The van der Waals surface area contributed by atoms with Crippen LogP contribution in [0.2, 0.25) is 0 Å². The number of carbonyl (C=O) groups excluding carboxylic acids is 1. The van der Waals surface area contributed by atoms with E-state index in [4.69, 9.17) is 4.74 Å². The van der Waals surface area contributed by atoms with Gasteiger partial charge in [0.2, 0.25) is 0 Å². The maximum atomic E-state index is 13.9. The van der Waals surface area contributed by atoms with E-state index in [1.54, 1.807) is 20.8 Å². The van der Waals surface area contributed by atoms with Gasteiger partial charge in [0.05, 0.1) is 5.52 Å². The lowest BCUT2D eigenvalue weighted by Crippen LogP contribution is -2.34. The highest BCUT2D eigenvalue weighted by Gasteiger charge is 2.27. The number of fused-ring (bicyclic) bond motifs is 1. The van der Waals surface area contributed by atoms with Crippen molar-refractivity contribution in [3.63, 3.8) is 0 Å². The molecule has 0 aliphatic rings. The lowest BCUT2D eigenvalue weighted by Gasteiger charge is -2.20. The van der Waals surface area contributed by atoms with Crippen LogP contribution in [0.1, 0.15) is 20.8 Å². The van der Waals surface area contributed by atoms with Gasteiger partial charge in [-0.15, -0.1) is 0 Å². The smallest absolute Gasteiger partial charge is 0.443 e. The van der Waals surface area contributed by atoms with Gasteiger partial charge in [0, 0.05) is 23.1 Å². The molecule has 0 atom stereocenters. The first-order valence-corrected chi connectivity index (χ1v) is 6.20. The third-order valence-electron chi connectivity index (χ3n) is 2.76. The lowest BCUT2D eigenvalue weighted by molar-refractivity contribution is 0.0543. The van der Waals surface area contributed by atoms with Gasteiger partial charge in [0.15, 0.2) is 5.82 Å². The molecule has 2 N–H and O–H groups in total. The molecule has 112 valence electrons. The van der Waals surface area contributed by atoms with Crippen molar-refractivity contribution in [1.29, 1.82) is 0 Å². The number of halogens is 2. The molecule has 0 saturated carbocycles. The molecule has 5 nitrogen and oxygen atoms in total. The zero-order valence-electron chi connectivity index (χ0n) is 11.7. The standard InChI is InChI=1S/C13H14BF2NO4/c1-13(2,3)21-12(18)17-5-4-7-10(14(19)20)8(15)6-9(16)11(7)17/h4-6,19-20H,1-3H3. The van der Waals surface area contributed by atoms with Crippen LogP contribution < -0.4 is 5.46 Å². The molecule has 0 saturated heterocycles. The fourth-order valence-electron chi connectivity index (χ4n) is 2.01. The molecule has 0 aliphatic carbocycles. The van der Waals surface area contributed by atoms with E-state index in [1.807, 2.05) is 0 Å². The van der Waals surface area contributed by atoms with Gasteiger partial charge in [0.25, 0.3) is 0 Å². The summed E-state index contributed by atoms with van der Waals surface area (Å²) in [4.78, 5) is 12.0. The Labute approximate surface area is 119 Å². The van der Waals surface area contributed by atoms with Gasteiger partial charge in [-0.05, 0) is 26.8 Å². The minimum atomic E-state index is -2.12. The molecule has 8 heteroatoms. The summed E-state index contributed by atoms with van der Waals surface area (Å²) in [5, 5.41) is 18.3. The Morgan fingerprint density at radius 2 is 1.90 bits per heavy atom. The van der Waals surface area contributed by atoms with Crippen LogP contribution in [-0.2, 0) is 4.74 Å². The first-order valence-electron chi connectivity index (χ1n) is 6.20. The molecule has 2 aromatic rings. The number of ether oxygens (including phenoxy) is 1. The third-order valence-corrected chi connectivity index (χ3v) is 2.76. The van der Waals surface area contributed by atoms with E-state index in [-0.39, 0.29) is 10.9 Å². The number of rotatable bonds is 1. The van der Waals surface area contributed by atoms with Crippen molar-refractivity contribution >= 4 is 29.6 Å². The molecule has 2 rings (SSSR count). The van der Waals surface area contributed by atoms with E-state index < -0.39 is 35.9 Å². The molecule has 1 heterocycles. The highest BCUT2D eigenvalue weighted by atomic mass is 19.1. The molecule has 0 bridgehead atoms. The van der Waals surface area contributed by atoms with Crippen LogP contribution in [0.25, 0.3) is 10.9 Å². The summed E-state index contributed by atoms with van der Waals surface area (Å²) in [5.74, 6) is -2.10. The largest absolute Gasteiger partial charge is 0.492 e. The molecule has 1 aromatic heterocycles. The predicted octanol–water partition coefficient (Wildman–Crippen LogP) is 1.38. The lowest BCUT2D eigenvalue weighted by atomic mass is 9.77. The van der Waals surface area contributed by atoms with Crippen molar-refractivity contribution in [3.05, 3.63) is 30.0 Å². The zero-order valence-corrected chi connectivity index (χ0v) is 11.7. The summed E-state index contributed by atoms with van der Waals surface area (Å²) >= 11 is 0. The second-order valence-electron chi connectivity index (χ2n) is 5.56. The summed E-state index contributed by atoms with van der Waals surface area (Å²) < 4.78 is 33.5. The van der Waals surface area contributed by atoms with Crippen molar-refractivity contribution in [3.8, 4) is 0 Å². The van der Waals surface area contributed by atoms with Gasteiger partial charge in [-0.3, -0.25) is 0 Å². The average Bonchev–Trinajstić information content (AvgIpc) is 2.70. The van der Waals surface area contributed by atoms with E-state index in [2.05, 4.69) is 0 Å². The number of nitrogens with zero attached hydrogens (tertiary/aromatic N) is 1. The van der Waals surface area contributed by atoms with Crippen LogP contribution in [0.4, 0.5) is 13.6 Å². The summed E-state index contributed by atoms with van der Waals surface area (Å²) in [7, 11) is -2.12. The number of benzene rings is 1. The molecule has 0 radical (unpaired) electrons. The highest BCUT2D eigenvalue weighted by molar-refractivity contribution is 6.62. The SMILES string of the molecule is CC(C)(C)OC(=O)n1ccc2c(B(O)O)c(F)cc(F)c21. The maximum absolute atomic E-state index is 13.9. The van der Waals surface area contributed by atoms with Crippen LogP contribution >= 0.6 is 0 Å². The fourth-order valence-corrected chi connectivity index (χ4v) is 2.01.